The Labute approximate surface area is 125 Å². The first kappa shape index (κ1) is 13.3. The summed E-state index contributed by atoms with van der Waals surface area (Å²) in [7, 11) is 0. The van der Waals surface area contributed by atoms with Crippen LogP contribution in [0.4, 0.5) is 5.69 Å². The van der Waals surface area contributed by atoms with Crippen LogP contribution in [0.3, 0.4) is 0 Å². The van der Waals surface area contributed by atoms with E-state index in [4.69, 9.17) is 4.74 Å². The van der Waals surface area contributed by atoms with Gasteiger partial charge in [0, 0.05) is 4.90 Å². The van der Waals surface area contributed by atoms with Gasteiger partial charge >= 0.3 is 0 Å². The molecule has 0 saturated heterocycles. The molecular weight excluding hydrogens is 290 g/mol. The lowest BCUT2D eigenvalue weighted by Gasteiger charge is -2.19. The highest BCUT2D eigenvalue weighted by Crippen LogP contribution is 2.40. The summed E-state index contributed by atoms with van der Waals surface area (Å²) in [6.45, 7) is 2.59. The van der Waals surface area contributed by atoms with E-state index in [1.165, 1.54) is 11.8 Å². The van der Waals surface area contributed by atoms with E-state index in [0.29, 0.717) is 11.5 Å². The number of amides is 1. The van der Waals surface area contributed by atoms with Crippen molar-refractivity contribution in [3.63, 3.8) is 0 Å². The zero-order valence-corrected chi connectivity index (χ0v) is 12.5. The van der Waals surface area contributed by atoms with Gasteiger partial charge in [0.05, 0.1) is 17.2 Å². The molecule has 0 bridgehead atoms. The van der Waals surface area contributed by atoms with E-state index in [0.717, 1.165) is 21.9 Å². The number of nitrogens with one attached hydrogen (secondary N) is 1. The molecule has 1 aliphatic heterocycles. The molecule has 2 aromatic rings. The van der Waals surface area contributed by atoms with Crippen molar-refractivity contribution in [1.82, 2.24) is 0 Å². The van der Waals surface area contributed by atoms with Crippen LogP contribution in [0.5, 0.6) is 5.75 Å². The van der Waals surface area contributed by atoms with Crippen LogP contribution in [0.1, 0.15) is 12.5 Å². The minimum absolute atomic E-state index is 0.0575. The van der Waals surface area contributed by atoms with Gasteiger partial charge in [0.1, 0.15) is 5.75 Å². The lowest BCUT2D eigenvalue weighted by molar-refractivity contribution is -0.112. The largest absolute Gasteiger partial charge is 0.494 e. The number of ether oxygens (including phenoxy) is 1. The molecule has 3 nitrogen and oxygen atoms in total. The number of thiophene rings is 1. The third kappa shape index (κ3) is 2.73. The van der Waals surface area contributed by atoms with Gasteiger partial charge in [0.25, 0.3) is 5.91 Å². The van der Waals surface area contributed by atoms with Gasteiger partial charge in [-0.05, 0) is 53.6 Å². The average molecular weight is 303 g/mol. The molecule has 0 saturated carbocycles. The normalized spacial score (nSPS) is 15.8. The molecule has 5 heteroatoms. The number of rotatable bonds is 3. The number of hydrogen-bond acceptors (Lipinski definition) is 4. The molecule has 1 aromatic heterocycles. The van der Waals surface area contributed by atoms with E-state index >= 15 is 0 Å². The van der Waals surface area contributed by atoms with E-state index in [1.54, 1.807) is 11.3 Å². The Kier molecular flexibility index (Phi) is 3.80. The van der Waals surface area contributed by atoms with Gasteiger partial charge in [-0.2, -0.15) is 11.3 Å². The molecule has 3 rings (SSSR count). The van der Waals surface area contributed by atoms with Crippen molar-refractivity contribution < 1.29 is 9.53 Å². The van der Waals surface area contributed by atoms with E-state index < -0.39 is 0 Å². The van der Waals surface area contributed by atoms with Crippen LogP contribution < -0.4 is 10.1 Å². The third-order valence-electron chi connectivity index (χ3n) is 2.80. The van der Waals surface area contributed by atoms with Crippen molar-refractivity contribution in [2.75, 3.05) is 11.9 Å². The highest BCUT2D eigenvalue weighted by Gasteiger charge is 2.21. The van der Waals surface area contributed by atoms with Crippen LogP contribution in [-0.4, -0.2) is 12.5 Å². The predicted molar refractivity (Wildman–Crippen MR) is 84.4 cm³/mol. The zero-order chi connectivity index (χ0) is 13.9. The summed E-state index contributed by atoms with van der Waals surface area (Å²) in [4.78, 5) is 13.8. The zero-order valence-electron chi connectivity index (χ0n) is 10.9. The van der Waals surface area contributed by atoms with Gasteiger partial charge in [-0.3, -0.25) is 4.79 Å². The molecule has 20 heavy (non-hydrogen) atoms. The van der Waals surface area contributed by atoms with Crippen molar-refractivity contribution in [3.05, 3.63) is 45.5 Å². The first-order valence-corrected chi connectivity index (χ1v) is 8.02. The molecule has 0 spiro atoms. The van der Waals surface area contributed by atoms with E-state index in [2.05, 4.69) is 5.32 Å². The molecule has 0 aliphatic carbocycles. The Morgan fingerprint density at radius 2 is 2.25 bits per heavy atom. The molecule has 0 fully saturated rings. The summed E-state index contributed by atoms with van der Waals surface area (Å²) in [6, 6.07) is 7.71. The Hall–Kier alpha value is -1.72. The van der Waals surface area contributed by atoms with Crippen LogP contribution in [0, 0.1) is 0 Å². The van der Waals surface area contributed by atoms with Crippen molar-refractivity contribution in [2.45, 2.75) is 11.8 Å². The first-order valence-electron chi connectivity index (χ1n) is 6.26. The lowest BCUT2D eigenvalue weighted by Crippen LogP contribution is -2.17. The molecule has 2 heterocycles. The fourth-order valence-corrected chi connectivity index (χ4v) is 3.50. The van der Waals surface area contributed by atoms with Gasteiger partial charge in [-0.15, -0.1) is 0 Å². The molecule has 1 N–H and O–H groups in total. The number of carbonyl (C=O) groups excluding carboxylic acids is 1. The minimum atomic E-state index is -0.0575. The smallest absolute Gasteiger partial charge is 0.262 e. The Morgan fingerprint density at radius 3 is 3.00 bits per heavy atom. The fraction of sp³-hybridized carbons (Fsp3) is 0.133. The second-order valence-electron chi connectivity index (χ2n) is 4.21. The molecule has 0 radical (unpaired) electrons. The van der Waals surface area contributed by atoms with Crippen LogP contribution in [0.15, 0.2) is 44.8 Å². The number of fused-ring (bicyclic) bond motifs is 1. The Balaban J connectivity index is 1.92. The summed E-state index contributed by atoms with van der Waals surface area (Å²) in [6.07, 6.45) is 1.91. The summed E-state index contributed by atoms with van der Waals surface area (Å²) in [5.74, 6) is 0.766. The molecule has 1 aliphatic rings. The highest BCUT2D eigenvalue weighted by atomic mass is 32.2. The second-order valence-corrected chi connectivity index (χ2v) is 6.08. The van der Waals surface area contributed by atoms with Crippen LogP contribution in [0.2, 0.25) is 0 Å². The van der Waals surface area contributed by atoms with Gasteiger partial charge in [-0.1, -0.05) is 11.8 Å². The molecule has 0 atom stereocenters. The maximum Gasteiger partial charge on any atom is 0.262 e. The average Bonchev–Trinajstić information content (AvgIpc) is 2.93. The number of hydrogen-bond donors (Lipinski definition) is 1. The number of carbonyl (C=O) groups is 1. The van der Waals surface area contributed by atoms with Crippen LogP contribution >= 0.6 is 23.1 Å². The maximum atomic E-state index is 12.1. The monoisotopic (exact) mass is 303 g/mol. The van der Waals surface area contributed by atoms with Gasteiger partial charge in [0.2, 0.25) is 0 Å². The van der Waals surface area contributed by atoms with Crippen molar-refractivity contribution in [1.29, 1.82) is 0 Å². The second kappa shape index (κ2) is 5.73. The summed E-state index contributed by atoms with van der Waals surface area (Å²) in [5, 5.41) is 6.93. The van der Waals surface area contributed by atoms with Crippen molar-refractivity contribution >= 4 is 40.8 Å². The first-order chi connectivity index (χ1) is 9.76. The summed E-state index contributed by atoms with van der Waals surface area (Å²) >= 11 is 3.10. The minimum Gasteiger partial charge on any atom is -0.494 e. The highest BCUT2D eigenvalue weighted by molar-refractivity contribution is 8.04. The molecular formula is C15H13NO2S2. The number of anilines is 1. The van der Waals surface area contributed by atoms with Crippen LogP contribution in [0.25, 0.3) is 6.08 Å². The van der Waals surface area contributed by atoms with E-state index in [-0.39, 0.29) is 5.91 Å². The SMILES string of the molecule is CCOc1ccc2c(c1)SC(=Cc1ccsc1)C(=O)N2. The van der Waals surface area contributed by atoms with Crippen molar-refractivity contribution in [3.8, 4) is 5.75 Å². The van der Waals surface area contributed by atoms with E-state index in [9.17, 15) is 4.79 Å². The number of thioether (sulfide) groups is 1. The molecule has 1 amide bonds. The van der Waals surface area contributed by atoms with Crippen LogP contribution in [-0.2, 0) is 4.79 Å². The van der Waals surface area contributed by atoms with Crippen molar-refractivity contribution in [2.24, 2.45) is 0 Å². The lowest BCUT2D eigenvalue weighted by atomic mass is 10.2. The quantitative estimate of drug-likeness (QED) is 0.862. The van der Waals surface area contributed by atoms with E-state index in [1.807, 2.05) is 48.0 Å². The van der Waals surface area contributed by atoms with Gasteiger partial charge in [-0.25, -0.2) is 0 Å². The topological polar surface area (TPSA) is 38.3 Å². The Morgan fingerprint density at radius 1 is 1.35 bits per heavy atom. The molecule has 1 aromatic carbocycles. The summed E-state index contributed by atoms with van der Waals surface area (Å²) in [5.41, 5.74) is 1.89. The predicted octanol–water partition coefficient (Wildman–Crippen LogP) is 4.23. The molecule has 0 unspecified atom stereocenters. The van der Waals surface area contributed by atoms with Gasteiger partial charge < -0.3 is 10.1 Å². The van der Waals surface area contributed by atoms with Gasteiger partial charge in [0.15, 0.2) is 0 Å². The third-order valence-corrected chi connectivity index (χ3v) is 4.58. The maximum absolute atomic E-state index is 12.1. The number of benzene rings is 1. The summed E-state index contributed by atoms with van der Waals surface area (Å²) < 4.78 is 5.50. The standard InChI is InChI=1S/C15H13NO2S2/c1-2-18-11-3-4-12-13(8-11)20-14(15(17)16-12)7-10-5-6-19-9-10/h3-9H,2H2,1H3,(H,16,17). The molecule has 102 valence electrons. The fourth-order valence-electron chi connectivity index (χ4n) is 1.90. The Bertz CT molecular complexity index is 663.